The summed E-state index contributed by atoms with van der Waals surface area (Å²) in [5.74, 6) is -0.639. The van der Waals surface area contributed by atoms with Gasteiger partial charge in [0.15, 0.2) is 0 Å². The number of amides is 1. The molecule has 0 aliphatic carbocycles. The second-order valence-corrected chi connectivity index (χ2v) is 5.49. The second kappa shape index (κ2) is 16.4. The third-order valence-corrected chi connectivity index (χ3v) is 2.87. The summed E-state index contributed by atoms with van der Waals surface area (Å²) in [7, 11) is -4.10. The van der Waals surface area contributed by atoms with Crippen molar-refractivity contribution >= 4 is 16.0 Å². The minimum Gasteiger partial charge on any atom is -0.748 e. The van der Waals surface area contributed by atoms with Crippen LogP contribution in [0.5, 0.6) is 0 Å². The van der Waals surface area contributed by atoms with Gasteiger partial charge in [-0.15, -0.1) is 0 Å². The van der Waals surface area contributed by atoms with Crippen LogP contribution >= 0.6 is 0 Å². The van der Waals surface area contributed by atoms with E-state index in [1.165, 1.54) is 19.3 Å². The van der Waals surface area contributed by atoms with E-state index < -0.39 is 15.9 Å². The summed E-state index contributed by atoms with van der Waals surface area (Å²) in [5, 5.41) is 8.03. The van der Waals surface area contributed by atoms with E-state index >= 15 is 0 Å². The molecule has 3 N–H and O–H groups in total. The first-order valence-electron chi connectivity index (χ1n) is 6.16. The molecule has 0 spiro atoms. The van der Waals surface area contributed by atoms with Gasteiger partial charge in [-0.2, -0.15) is 0 Å². The second-order valence-electron chi connectivity index (χ2n) is 3.97. The first kappa shape index (κ1) is 24.4. The molecule has 0 atom stereocenters. The van der Waals surface area contributed by atoms with Crippen LogP contribution in [-0.4, -0.2) is 36.3 Å². The van der Waals surface area contributed by atoms with Crippen LogP contribution in [0.1, 0.15) is 51.9 Å². The molecule has 0 radical (unpaired) electrons. The van der Waals surface area contributed by atoms with E-state index in [4.69, 9.17) is 10.8 Å². The van der Waals surface area contributed by atoms with Crippen molar-refractivity contribution in [3.63, 3.8) is 0 Å². The smallest absolute Gasteiger partial charge is 0.748 e. The maximum Gasteiger partial charge on any atom is 1.00 e. The summed E-state index contributed by atoms with van der Waals surface area (Å²) in [6.07, 6.45) is 6.47. The van der Waals surface area contributed by atoms with Crippen molar-refractivity contribution < 1.29 is 52.4 Å². The fourth-order valence-corrected chi connectivity index (χ4v) is 1.63. The van der Waals surface area contributed by atoms with E-state index in [1.807, 2.05) is 0 Å². The molecule has 1 amide bonds. The largest absolute Gasteiger partial charge is 1.00 e. The van der Waals surface area contributed by atoms with Gasteiger partial charge >= 0.3 is 29.6 Å². The summed E-state index contributed by atoms with van der Waals surface area (Å²) in [6, 6.07) is 0. The first-order valence-corrected chi connectivity index (χ1v) is 7.74. The maximum absolute atomic E-state index is 10.3. The molecule has 0 aromatic rings. The third kappa shape index (κ3) is 32.2. The normalized spacial score (nSPS) is 10.1. The van der Waals surface area contributed by atoms with Crippen molar-refractivity contribution in [3.05, 3.63) is 0 Å². The van der Waals surface area contributed by atoms with Crippen LogP contribution in [0, 0.1) is 0 Å². The van der Waals surface area contributed by atoms with Crippen molar-refractivity contribution in [2.24, 2.45) is 5.73 Å². The minimum atomic E-state index is -4.10. The van der Waals surface area contributed by atoms with Gasteiger partial charge < -0.3 is 15.4 Å². The molecule has 6 nitrogen and oxygen atoms in total. The molecule has 0 fully saturated rings. The molecule has 0 saturated heterocycles. The SMILES string of the molecule is CCCCCCCC(N)=O.O=S(=O)([O-])CCCO.[Na+]. The Balaban J connectivity index is -0.000000262. The molecule has 0 aromatic carbocycles. The van der Waals surface area contributed by atoms with E-state index in [0.717, 1.165) is 12.8 Å². The number of hydrogen-bond acceptors (Lipinski definition) is 5. The van der Waals surface area contributed by atoms with Gasteiger partial charge in [0.25, 0.3) is 0 Å². The number of unbranched alkanes of at least 4 members (excludes halogenated alkanes) is 4. The van der Waals surface area contributed by atoms with E-state index in [-0.39, 0.29) is 48.5 Å². The fraction of sp³-hybridized carbons (Fsp3) is 0.909. The number of carbonyl (C=O) groups excluding carboxylic acids is 1. The molecular weight excluding hydrogens is 281 g/mol. The van der Waals surface area contributed by atoms with E-state index in [0.29, 0.717) is 6.42 Å². The van der Waals surface area contributed by atoms with Crippen LogP contribution in [0.3, 0.4) is 0 Å². The van der Waals surface area contributed by atoms with Crippen molar-refractivity contribution in [3.8, 4) is 0 Å². The Labute approximate surface area is 138 Å². The Bertz CT molecular complexity index is 295. The number of carbonyl (C=O) groups is 1. The average Bonchev–Trinajstić information content (AvgIpc) is 2.25. The monoisotopic (exact) mass is 305 g/mol. The molecule has 0 bridgehead atoms. The zero-order valence-corrected chi connectivity index (χ0v) is 14.7. The summed E-state index contributed by atoms with van der Waals surface area (Å²) in [5.41, 5.74) is 4.97. The zero-order valence-electron chi connectivity index (χ0n) is 11.9. The molecular formula is C11H24NNaO5S. The number of aliphatic hydroxyl groups excluding tert-OH is 1. The number of aliphatic hydroxyl groups is 1. The maximum atomic E-state index is 10.3. The standard InChI is InChI=1S/C8H17NO.C3H8O4S.Na/c1-2-3-4-5-6-7-8(9)10;4-2-1-3-8(5,6)7;/h2-7H2,1H3,(H2,9,10);4H,1-3H2,(H,5,6,7);/q;;+1/p-1. The molecule has 0 unspecified atom stereocenters. The predicted molar refractivity (Wildman–Crippen MR) is 68.8 cm³/mol. The Kier molecular flexibility index (Phi) is 21.0. The van der Waals surface area contributed by atoms with Crippen molar-refractivity contribution in [1.82, 2.24) is 0 Å². The van der Waals surface area contributed by atoms with Crippen LogP contribution in [0.15, 0.2) is 0 Å². The van der Waals surface area contributed by atoms with Crippen molar-refractivity contribution in [2.75, 3.05) is 12.4 Å². The number of hydrogen-bond donors (Lipinski definition) is 2. The van der Waals surface area contributed by atoms with E-state index in [2.05, 4.69) is 6.92 Å². The van der Waals surface area contributed by atoms with Crippen LogP contribution in [0.4, 0.5) is 0 Å². The predicted octanol–water partition coefficient (Wildman–Crippen LogP) is -2.25. The van der Waals surface area contributed by atoms with Gasteiger partial charge in [-0.1, -0.05) is 32.6 Å². The molecule has 110 valence electrons. The minimum absolute atomic E-state index is 0. The molecule has 0 rings (SSSR count). The fourth-order valence-electron chi connectivity index (χ4n) is 1.14. The van der Waals surface area contributed by atoms with Gasteiger partial charge in [0.1, 0.15) is 0 Å². The third-order valence-electron chi connectivity index (χ3n) is 2.08. The van der Waals surface area contributed by atoms with Crippen molar-refractivity contribution in [2.45, 2.75) is 51.9 Å². The summed E-state index contributed by atoms with van der Waals surface area (Å²) >= 11 is 0. The quantitative estimate of drug-likeness (QED) is 0.283. The molecule has 0 aliphatic heterocycles. The Morgan fingerprint density at radius 2 is 1.68 bits per heavy atom. The van der Waals surface area contributed by atoms with Crippen LogP contribution in [-0.2, 0) is 14.9 Å². The topological polar surface area (TPSA) is 121 Å². The molecule has 0 aromatic heterocycles. The summed E-state index contributed by atoms with van der Waals surface area (Å²) in [4.78, 5) is 10.3. The molecule has 0 aliphatic rings. The first-order chi connectivity index (χ1) is 8.33. The zero-order chi connectivity index (χ0) is 14.4. The number of rotatable bonds is 9. The Hall–Kier alpha value is 0.340. The van der Waals surface area contributed by atoms with Crippen LogP contribution in [0.2, 0.25) is 0 Å². The Morgan fingerprint density at radius 1 is 1.16 bits per heavy atom. The van der Waals surface area contributed by atoms with Gasteiger partial charge in [-0.05, 0) is 12.8 Å². The van der Waals surface area contributed by atoms with E-state index in [9.17, 15) is 17.8 Å². The number of nitrogens with two attached hydrogens (primary N) is 1. The number of primary amides is 1. The molecule has 0 saturated carbocycles. The van der Waals surface area contributed by atoms with Crippen molar-refractivity contribution in [1.29, 1.82) is 0 Å². The van der Waals surface area contributed by atoms with Gasteiger partial charge in [-0.3, -0.25) is 4.79 Å². The average molecular weight is 305 g/mol. The van der Waals surface area contributed by atoms with Gasteiger partial charge in [-0.25, -0.2) is 8.42 Å². The molecule has 8 heteroatoms. The molecule has 0 heterocycles. The van der Waals surface area contributed by atoms with Gasteiger partial charge in [0.05, 0.1) is 10.1 Å². The van der Waals surface area contributed by atoms with E-state index in [1.54, 1.807) is 0 Å². The van der Waals surface area contributed by atoms with Crippen LogP contribution in [0.25, 0.3) is 0 Å². The summed E-state index contributed by atoms with van der Waals surface area (Å²) < 4.78 is 29.2. The summed E-state index contributed by atoms with van der Waals surface area (Å²) in [6.45, 7) is 1.93. The van der Waals surface area contributed by atoms with Crippen LogP contribution < -0.4 is 35.3 Å². The van der Waals surface area contributed by atoms with Gasteiger partial charge in [0.2, 0.25) is 5.91 Å². The Morgan fingerprint density at radius 3 is 2.00 bits per heavy atom. The van der Waals surface area contributed by atoms with Gasteiger partial charge in [0, 0.05) is 18.8 Å². The molecule has 19 heavy (non-hydrogen) atoms.